The lowest BCUT2D eigenvalue weighted by atomic mass is 10.1. The average molecular weight is 384 g/mol. The normalized spacial score (nSPS) is 11.7. The van der Waals surface area contributed by atoms with Crippen LogP contribution in [0, 0.1) is 0 Å². The molecule has 27 heavy (non-hydrogen) atoms. The Balaban J connectivity index is 1.76. The molecular weight excluding hydrogens is 366 g/mol. The molecule has 6 heteroatoms. The van der Waals surface area contributed by atoms with Crippen molar-refractivity contribution in [2.45, 2.75) is 13.0 Å². The Morgan fingerprint density at radius 1 is 1.00 bits per heavy atom. The number of anilines is 1. The minimum Gasteiger partial charge on any atom is -0.496 e. The number of esters is 1. The Bertz CT molecular complexity index is 1000. The number of ether oxygens (including phenoxy) is 2. The largest absolute Gasteiger partial charge is 0.496 e. The smallest absolute Gasteiger partial charge is 0.342 e. The van der Waals surface area contributed by atoms with E-state index in [2.05, 4.69) is 5.32 Å². The van der Waals surface area contributed by atoms with Gasteiger partial charge >= 0.3 is 5.97 Å². The molecule has 0 radical (unpaired) electrons. The third kappa shape index (κ3) is 4.38. The van der Waals surface area contributed by atoms with Crippen LogP contribution < -0.4 is 10.1 Å². The SMILES string of the molecule is COc1cc2ccccc2cc1C(=O)O[C@@H](C)C(=O)Nc1cccc(Cl)c1. The zero-order valence-corrected chi connectivity index (χ0v) is 15.6. The first-order valence-corrected chi connectivity index (χ1v) is 8.70. The van der Waals surface area contributed by atoms with Crippen molar-refractivity contribution in [2.24, 2.45) is 0 Å². The summed E-state index contributed by atoms with van der Waals surface area (Å²) in [6.45, 7) is 1.51. The standard InChI is InChI=1S/C21H18ClNO4/c1-13(20(24)23-17-9-5-8-16(22)12-17)27-21(25)18-10-14-6-3-4-7-15(14)11-19(18)26-2/h3-13H,1-2H3,(H,23,24)/t13-/m0/s1. The second-order valence-corrected chi connectivity index (χ2v) is 6.38. The van der Waals surface area contributed by atoms with E-state index in [0.29, 0.717) is 16.5 Å². The van der Waals surface area contributed by atoms with E-state index < -0.39 is 18.0 Å². The quantitative estimate of drug-likeness (QED) is 0.649. The molecule has 0 aliphatic carbocycles. The number of amides is 1. The summed E-state index contributed by atoms with van der Waals surface area (Å²) in [5.74, 6) is -0.696. The maximum absolute atomic E-state index is 12.6. The van der Waals surface area contributed by atoms with Gasteiger partial charge < -0.3 is 14.8 Å². The second-order valence-electron chi connectivity index (χ2n) is 5.95. The molecule has 0 heterocycles. The van der Waals surface area contributed by atoms with Crippen molar-refractivity contribution in [3.63, 3.8) is 0 Å². The Morgan fingerprint density at radius 2 is 1.70 bits per heavy atom. The fourth-order valence-electron chi connectivity index (χ4n) is 2.64. The summed E-state index contributed by atoms with van der Waals surface area (Å²) in [6, 6.07) is 17.8. The molecule has 3 aromatic rings. The molecule has 0 aromatic heterocycles. The molecule has 1 atom stereocenters. The minimum atomic E-state index is -0.993. The summed E-state index contributed by atoms with van der Waals surface area (Å²) in [4.78, 5) is 24.9. The molecule has 0 aliphatic rings. The zero-order chi connectivity index (χ0) is 19.4. The first-order valence-electron chi connectivity index (χ1n) is 8.32. The average Bonchev–Trinajstić information content (AvgIpc) is 2.66. The van der Waals surface area contributed by atoms with Crippen molar-refractivity contribution in [2.75, 3.05) is 12.4 Å². The number of carbonyl (C=O) groups excluding carboxylic acids is 2. The number of benzene rings is 3. The summed E-state index contributed by atoms with van der Waals surface area (Å²) in [6.07, 6.45) is -0.993. The molecule has 0 saturated heterocycles. The number of nitrogens with one attached hydrogen (secondary N) is 1. The topological polar surface area (TPSA) is 64.6 Å². The highest BCUT2D eigenvalue weighted by Crippen LogP contribution is 2.27. The van der Waals surface area contributed by atoms with Gasteiger partial charge in [-0.1, -0.05) is 41.9 Å². The van der Waals surface area contributed by atoms with Gasteiger partial charge in [0, 0.05) is 10.7 Å². The molecular formula is C21H18ClNO4. The molecule has 1 N–H and O–H groups in total. The number of halogens is 1. The van der Waals surface area contributed by atoms with E-state index in [1.165, 1.54) is 14.0 Å². The second kappa shape index (κ2) is 8.10. The predicted molar refractivity (Wildman–Crippen MR) is 105 cm³/mol. The summed E-state index contributed by atoms with van der Waals surface area (Å²) in [7, 11) is 1.48. The molecule has 0 spiro atoms. The van der Waals surface area contributed by atoms with Crippen LogP contribution in [0.4, 0.5) is 5.69 Å². The van der Waals surface area contributed by atoms with Gasteiger partial charge in [-0.15, -0.1) is 0 Å². The van der Waals surface area contributed by atoms with E-state index in [-0.39, 0.29) is 5.56 Å². The first kappa shape index (κ1) is 18.7. The molecule has 3 rings (SSSR count). The monoisotopic (exact) mass is 383 g/mol. The minimum absolute atomic E-state index is 0.263. The van der Waals surface area contributed by atoms with E-state index >= 15 is 0 Å². The van der Waals surface area contributed by atoms with Gasteiger partial charge in [-0.3, -0.25) is 4.79 Å². The van der Waals surface area contributed by atoms with Crippen LogP contribution in [0.3, 0.4) is 0 Å². The van der Waals surface area contributed by atoms with Gasteiger partial charge in [-0.2, -0.15) is 0 Å². The van der Waals surface area contributed by atoms with E-state index in [0.717, 1.165) is 10.8 Å². The van der Waals surface area contributed by atoms with Crippen molar-refractivity contribution < 1.29 is 19.1 Å². The van der Waals surface area contributed by atoms with Crippen LogP contribution in [0.2, 0.25) is 5.02 Å². The molecule has 5 nitrogen and oxygen atoms in total. The van der Waals surface area contributed by atoms with Crippen LogP contribution in [0.25, 0.3) is 10.8 Å². The molecule has 0 bridgehead atoms. The van der Waals surface area contributed by atoms with Gasteiger partial charge in [-0.05, 0) is 48.0 Å². The van der Waals surface area contributed by atoms with Crippen molar-refractivity contribution >= 4 is 39.9 Å². The van der Waals surface area contributed by atoms with Crippen molar-refractivity contribution in [1.29, 1.82) is 0 Å². The Morgan fingerprint density at radius 3 is 2.37 bits per heavy atom. The zero-order valence-electron chi connectivity index (χ0n) is 14.9. The highest BCUT2D eigenvalue weighted by atomic mass is 35.5. The lowest BCUT2D eigenvalue weighted by molar-refractivity contribution is -0.123. The van der Waals surface area contributed by atoms with E-state index in [1.807, 2.05) is 24.3 Å². The molecule has 1 amide bonds. The van der Waals surface area contributed by atoms with Gasteiger partial charge in [0.25, 0.3) is 5.91 Å². The van der Waals surface area contributed by atoms with Crippen molar-refractivity contribution in [3.8, 4) is 5.75 Å². The molecule has 3 aromatic carbocycles. The van der Waals surface area contributed by atoms with Crippen LogP contribution >= 0.6 is 11.6 Å². The molecule has 0 aliphatic heterocycles. The summed E-state index contributed by atoms with van der Waals surface area (Å²) < 4.78 is 10.6. The summed E-state index contributed by atoms with van der Waals surface area (Å²) in [5, 5.41) is 4.98. The highest BCUT2D eigenvalue weighted by molar-refractivity contribution is 6.30. The third-order valence-corrected chi connectivity index (χ3v) is 4.27. The van der Waals surface area contributed by atoms with Crippen LogP contribution in [0.1, 0.15) is 17.3 Å². The lowest BCUT2D eigenvalue weighted by Gasteiger charge is -2.15. The van der Waals surface area contributed by atoms with E-state index in [9.17, 15) is 9.59 Å². The molecule has 0 unspecified atom stereocenters. The van der Waals surface area contributed by atoms with E-state index in [1.54, 1.807) is 36.4 Å². The van der Waals surface area contributed by atoms with Gasteiger partial charge in [0.15, 0.2) is 6.10 Å². The Labute approximate surface area is 161 Å². The summed E-state index contributed by atoms with van der Waals surface area (Å²) >= 11 is 5.90. The third-order valence-electron chi connectivity index (χ3n) is 4.03. The summed E-state index contributed by atoms with van der Waals surface area (Å²) in [5.41, 5.74) is 0.789. The maximum Gasteiger partial charge on any atom is 0.342 e. The molecule has 0 saturated carbocycles. The Hall–Kier alpha value is -3.05. The number of hydrogen-bond acceptors (Lipinski definition) is 4. The Kier molecular flexibility index (Phi) is 5.62. The lowest BCUT2D eigenvalue weighted by Crippen LogP contribution is -2.30. The van der Waals surface area contributed by atoms with Crippen LogP contribution in [0.5, 0.6) is 5.75 Å². The number of fused-ring (bicyclic) bond motifs is 1. The van der Waals surface area contributed by atoms with Crippen molar-refractivity contribution in [1.82, 2.24) is 0 Å². The number of carbonyl (C=O) groups is 2. The fraction of sp³-hybridized carbons (Fsp3) is 0.143. The number of methoxy groups -OCH3 is 1. The van der Waals surface area contributed by atoms with Crippen LogP contribution in [-0.2, 0) is 9.53 Å². The first-order chi connectivity index (χ1) is 13.0. The van der Waals surface area contributed by atoms with E-state index in [4.69, 9.17) is 21.1 Å². The predicted octanol–water partition coefficient (Wildman–Crippen LogP) is 4.69. The fourth-order valence-corrected chi connectivity index (χ4v) is 2.83. The van der Waals surface area contributed by atoms with Gasteiger partial charge in [-0.25, -0.2) is 4.79 Å². The van der Waals surface area contributed by atoms with Crippen molar-refractivity contribution in [3.05, 3.63) is 71.2 Å². The van der Waals surface area contributed by atoms with Gasteiger partial charge in [0.2, 0.25) is 0 Å². The van der Waals surface area contributed by atoms with Gasteiger partial charge in [0.1, 0.15) is 11.3 Å². The maximum atomic E-state index is 12.6. The number of rotatable bonds is 5. The highest BCUT2D eigenvalue weighted by Gasteiger charge is 2.22. The molecule has 0 fully saturated rings. The van der Waals surface area contributed by atoms with Crippen LogP contribution in [0.15, 0.2) is 60.7 Å². The van der Waals surface area contributed by atoms with Crippen LogP contribution in [-0.4, -0.2) is 25.1 Å². The van der Waals surface area contributed by atoms with Gasteiger partial charge in [0.05, 0.1) is 7.11 Å². The number of hydrogen-bond donors (Lipinski definition) is 1. The molecule has 138 valence electrons.